The fraction of sp³-hybridized carbons (Fsp3) is 0.706. The van der Waals surface area contributed by atoms with Gasteiger partial charge in [0.1, 0.15) is 18.4 Å². The van der Waals surface area contributed by atoms with Gasteiger partial charge in [0, 0.05) is 5.41 Å². The maximum atomic E-state index is 2.60. The number of aryl methyl sites for hydroxylation is 1. The van der Waals surface area contributed by atoms with Crippen LogP contribution in [-0.2, 0) is 18.4 Å². The number of benzene rings is 2. The third-order valence-corrected chi connectivity index (χ3v) is 12.3. The molecule has 3 rings (SSSR count). The number of imidazole rings is 1. The Kier molecular flexibility index (Phi) is 25.4. The summed E-state index contributed by atoms with van der Waals surface area (Å²) in [7, 11) is 0. The second-order valence-electron chi connectivity index (χ2n) is 17.0. The Hall–Kier alpha value is -2.35. The molecular formula is C51H85N2+. The maximum Gasteiger partial charge on any atom is 0.244 e. The van der Waals surface area contributed by atoms with Gasteiger partial charge in [-0.2, -0.15) is 0 Å². The minimum Gasteiger partial charge on any atom is -0.237 e. The molecule has 0 amide bonds. The lowest BCUT2D eigenvalue weighted by molar-refractivity contribution is -0.697. The number of hydrogen-bond donors (Lipinski definition) is 0. The molecule has 0 saturated carbocycles. The molecule has 0 N–H and O–H groups in total. The molecule has 0 radical (unpaired) electrons. The van der Waals surface area contributed by atoms with Crippen LogP contribution >= 0.6 is 0 Å². The predicted octanol–water partition coefficient (Wildman–Crippen LogP) is 15.9. The molecular weight excluding hydrogens is 641 g/mol. The van der Waals surface area contributed by atoms with Crippen LogP contribution < -0.4 is 4.57 Å². The number of aromatic nitrogens is 2. The van der Waals surface area contributed by atoms with E-state index in [0.29, 0.717) is 6.04 Å². The van der Waals surface area contributed by atoms with E-state index in [9.17, 15) is 0 Å². The van der Waals surface area contributed by atoms with E-state index in [-0.39, 0.29) is 5.41 Å². The molecule has 2 nitrogen and oxygen atoms in total. The Morgan fingerprint density at radius 3 is 1.34 bits per heavy atom. The molecule has 0 aliphatic rings. The smallest absolute Gasteiger partial charge is 0.237 e. The Labute approximate surface area is 330 Å². The van der Waals surface area contributed by atoms with E-state index in [1.165, 1.54) is 197 Å². The molecule has 1 aromatic heterocycles. The summed E-state index contributed by atoms with van der Waals surface area (Å²) in [4.78, 5) is 0. The molecule has 2 heteroatoms. The lowest BCUT2D eigenvalue weighted by Crippen LogP contribution is -2.38. The maximum absolute atomic E-state index is 2.60. The molecule has 1 heterocycles. The summed E-state index contributed by atoms with van der Waals surface area (Å²) in [6.45, 7) is 8.30. The van der Waals surface area contributed by atoms with Crippen LogP contribution in [0.2, 0.25) is 0 Å². The third kappa shape index (κ3) is 19.7. The van der Waals surface area contributed by atoms with E-state index in [1.807, 2.05) is 0 Å². The molecule has 0 fully saturated rings. The van der Waals surface area contributed by atoms with Crippen LogP contribution in [0.3, 0.4) is 0 Å². The van der Waals surface area contributed by atoms with Gasteiger partial charge in [0.15, 0.2) is 0 Å². The van der Waals surface area contributed by atoms with E-state index in [0.717, 1.165) is 13.0 Å². The molecule has 3 aromatic rings. The van der Waals surface area contributed by atoms with Crippen molar-refractivity contribution in [1.29, 1.82) is 0 Å². The molecule has 0 aliphatic heterocycles. The van der Waals surface area contributed by atoms with Gasteiger partial charge in [-0.25, -0.2) is 9.13 Å². The second kappa shape index (κ2) is 29.9. The van der Waals surface area contributed by atoms with Crippen molar-refractivity contribution in [3.8, 4) is 0 Å². The summed E-state index contributed by atoms with van der Waals surface area (Å²) in [5.74, 6) is 0. The quantitative estimate of drug-likeness (QED) is 0.0422. The van der Waals surface area contributed by atoms with Gasteiger partial charge in [-0.15, -0.1) is 0 Å². The largest absolute Gasteiger partial charge is 0.244 e. The lowest BCUT2D eigenvalue weighted by atomic mass is 9.70. The minimum absolute atomic E-state index is 0.00579. The Bertz CT molecular complexity index is 1220. The van der Waals surface area contributed by atoms with Gasteiger partial charge in [0.05, 0.1) is 6.54 Å². The van der Waals surface area contributed by atoms with Crippen LogP contribution in [0.5, 0.6) is 0 Å². The van der Waals surface area contributed by atoms with Crippen LogP contribution in [0.1, 0.15) is 224 Å². The van der Waals surface area contributed by atoms with Gasteiger partial charge in [-0.05, 0) is 43.2 Å². The third-order valence-electron chi connectivity index (χ3n) is 12.3. The molecule has 0 bridgehead atoms. The van der Waals surface area contributed by atoms with Crippen LogP contribution in [0.15, 0.2) is 79.4 Å². The zero-order valence-corrected chi connectivity index (χ0v) is 35.4. The van der Waals surface area contributed by atoms with E-state index in [1.54, 1.807) is 0 Å². The molecule has 53 heavy (non-hydrogen) atoms. The zero-order valence-electron chi connectivity index (χ0n) is 35.4. The summed E-state index contributed by atoms with van der Waals surface area (Å²) in [6.07, 6.45) is 49.1. The van der Waals surface area contributed by atoms with Gasteiger partial charge in [0.2, 0.25) is 6.33 Å². The molecule has 298 valence electrons. The number of rotatable bonds is 35. The normalized spacial score (nSPS) is 13.3. The SMILES string of the molecule is CCCCCCCCCCCCCCCCCCC[n+]1ccn(C(CCCCCCCCCCCCC)C(C)(Cc2ccccc2)c2ccccc2)c1. The average molecular weight is 726 g/mol. The van der Waals surface area contributed by atoms with Crippen LogP contribution in [0, 0.1) is 0 Å². The summed E-state index contributed by atoms with van der Waals surface area (Å²) >= 11 is 0. The summed E-state index contributed by atoms with van der Waals surface area (Å²) in [5, 5.41) is 0. The van der Waals surface area contributed by atoms with Crippen molar-refractivity contribution in [1.82, 2.24) is 4.57 Å². The summed E-state index contributed by atoms with van der Waals surface area (Å²) in [5.41, 5.74) is 2.91. The van der Waals surface area contributed by atoms with Gasteiger partial charge in [-0.3, -0.25) is 0 Å². The van der Waals surface area contributed by atoms with Gasteiger partial charge in [0.25, 0.3) is 0 Å². The van der Waals surface area contributed by atoms with Gasteiger partial charge < -0.3 is 0 Å². The fourth-order valence-electron chi connectivity index (χ4n) is 8.80. The van der Waals surface area contributed by atoms with Crippen LogP contribution in [-0.4, -0.2) is 4.57 Å². The molecule has 0 aliphatic carbocycles. The van der Waals surface area contributed by atoms with E-state index in [2.05, 4.69) is 109 Å². The average Bonchev–Trinajstić information content (AvgIpc) is 3.65. The van der Waals surface area contributed by atoms with Crippen molar-refractivity contribution in [3.63, 3.8) is 0 Å². The lowest BCUT2D eigenvalue weighted by Gasteiger charge is -2.37. The van der Waals surface area contributed by atoms with E-state index < -0.39 is 0 Å². The highest BCUT2D eigenvalue weighted by Crippen LogP contribution is 2.41. The topological polar surface area (TPSA) is 8.81 Å². The first-order chi connectivity index (χ1) is 26.2. The highest BCUT2D eigenvalue weighted by Gasteiger charge is 2.40. The Balaban J connectivity index is 1.44. The van der Waals surface area contributed by atoms with Gasteiger partial charge >= 0.3 is 0 Å². The number of hydrogen-bond acceptors (Lipinski definition) is 0. The Morgan fingerprint density at radius 2 is 0.887 bits per heavy atom. The number of unbranched alkanes of at least 4 members (excludes halogenated alkanes) is 26. The first-order valence-electron chi connectivity index (χ1n) is 23.3. The highest BCUT2D eigenvalue weighted by molar-refractivity contribution is 5.30. The van der Waals surface area contributed by atoms with Crippen molar-refractivity contribution in [2.75, 3.05) is 0 Å². The highest BCUT2D eigenvalue weighted by atomic mass is 15.1. The summed E-state index contributed by atoms with van der Waals surface area (Å²) in [6, 6.07) is 23.1. The molecule has 2 atom stereocenters. The molecule has 0 spiro atoms. The minimum atomic E-state index is 0.00579. The van der Waals surface area contributed by atoms with Crippen LogP contribution in [0.25, 0.3) is 0 Å². The van der Waals surface area contributed by atoms with Gasteiger partial charge in [-0.1, -0.05) is 242 Å². The van der Waals surface area contributed by atoms with Crippen molar-refractivity contribution in [2.45, 2.75) is 231 Å². The number of nitrogens with zero attached hydrogens (tertiary/aromatic N) is 2. The standard InChI is InChI=1S/C51H85N2/c1-4-6-8-10-12-14-16-17-18-19-20-21-23-25-27-29-37-43-52-44-45-53(47-52)50(42-36-28-26-24-22-15-13-11-9-7-5-2)51(3,49-40-34-31-35-41-49)46-48-38-32-30-33-39-48/h30-35,38-41,44-45,47,50H,4-29,36-37,42-43,46H2,1-3H3/q+1. The van der Waals surface area contributed by atoms with Crippen molar-refractivity contribution in [3.05, 3.63) is 90.5 Å². The first kappa shape index (κ1) is 45.0. The van der Waals surface area contributed by atoms with E-state index >= 15 is 0 Å². The second-order valence-corrected chi connectivity index (χ2v) is 17.0. The van der Waals surface area contributed by atoms with Crippen molar-refractivity contribution >= 4 is 0 Å². The molecule has 2 aromatic carbocycles. The molecule has 0 saturated heterocycles. The van der Waals surface area contributed by atoms with Crippen molar-refractivity contribution in [2.24, 2.45) is 0 Å². The predicted molar refractivity (Wildman–Crippen MR) is 233 cm³/mol. The summed E-state index contributed by atoms with van der Waals surface area (Å²) < 4.78 is 5.08. The zero-order chi connectivity index (χ0) is 37.5. The molecule has 2 unspecified atom stereocenters. The first-order valence-corrected chi connectivity index (χ1v) is 23.3. The van der Waals surface area contributed by atoms with Crippen molar-refractivity contribution < 1.29 is 4.57 Å². The fourth-order valence-corrected chi connectivity index (χ4v) is 8.80. The Morgan fingerprint density at radius 1 is 0.491 bits per heavy atom. The van der Waals surface area contributed by atoms with Crippen LogP contribution in [0.4, 0.5) is 0 Å². The van der Waals surface area contributed by atoms with E-state index in [4.69, 9.17) is 0 Å². The monoisotopic (exact) mass is 726 g/mol.